The molecule has 0 atom stereocenters. The highest BCUT2D eigenvalue weighted by Crippen LogP contribution is 2.25. The van der Waals surface area contributed by atoms with Gasteiger partial charge >= 0.3 is 0 Å². The predicted octanol–water partition coefficient (Wildman–Crippen LogP) is -2.63. The Morgan fingerprint density at radius 1 is 1.21 bits per heavy atom. The average molecular weight is 390 g/mol. The van der Waals surface area contributed by atoms with E-state index in [9.17, 15) is 29.0 Å². The summed E-state index contributed by atoms with van der Waals surface area (Å²) in [5.41, 5.74) is -0.455. The molecule has 0 unspecified atom stereocenters. The van der Waals surface area contributed by atoms with Gasteiger partial charge in [-0.1, -0.05) is 0 Å². The third-order valence-corrected chi connectivity index (χ3v) is 5.20. The number of aryl methyl sites for hydroxylation is 1. The Balaban J connectivity index is 1.92. The molecule has 0 spiro atoms. The molecule has 1 fully saturated rings. The number of aromatic carboxylic acids is 1. The first-order valence-corrected chi connectivity index (χ1v) is 9.18. The Bertz CT molecular complexity index is 980. The minimum atomic E-state index is -1.59. The lowest BCUT2D eigenvalue weighted by Gasteiger charge is -2.34. The molecular weight excluding hydrogens is 369 g/mol. The number of aromatic nitrogens is 1. The number of piperazine rings is 1. The number of aliphatic carboxylic acids is 1. The summed E-state index contributed by atoms with van der Waals surface area (Å²) in [6, 6.07) is 2.65. The molecule has 1 N–H and O–H groups in total. The quantitative estimate of drug-likeness (QED) is 0.578. The fraction of sp³-hybridized carbons (Fsp3) is 0.421. The van der Waals surface area contributed by atoms with E-state index in [-0.39, 0.29) is 11.8 Å². The van der Waals surface area contributed by atoms with E-state index in [0.717, 1.165) is 11.0 Å². The number of benzene rings is 1. The molecule has 9 heteroatoms. The van der Waals surface area contributed by atoms with Gasteiger partial charge < -0.3 is 34.2 Å². The Morgan fingerprint density at radius 3 is 2.46 bits per heavy atom. The minimum absolute atomic E-state index is 0.00280. The third-order valence-electron chi connectivity index (χ3n) is 5.20. The number of nitrogens with one attached hydrogen (secondary N) is 1. The molecule has 0 saturated carbocycles. The van der Waals surface area contributed by atoms with Gasteiger partial charge in [0.2, 0.25) is 0 Å². The van der Waals surface area contributed by atoms with E-state index >= 15 is 0 Å². The molecule has 1 aromatic heterocycles. The van der Waals surface area contributed by atoms with Gasteiger partial charge in [0.25, 0.3) is 0 Å². The van der Waals surface area contributed by atoms with Gasteiger partial charge in [0.15, 0.2) is 5.43 Å². The number of nitrogens with zero attached hydrogens (tertiary/aromatic N) is 2. The van der Waals surface area contributed by atoms with Crippen LogP contribution in [0.1, 0.15) is 23.7 Å². The molecule has 3 rings (SSSR count). The lowest BCUT2D eigenvalue weighted by atomic mass is 10.1. The zero-order chi connectivity index (χ0) is 20.4. The Hall–Kier alpha value is -2.94. The van der Waals surface area contributed by atoms with Crippen molar-refractivity contribution in [3.63, 3.8) is 0 Å². The van der Waals surface area contributed by atoms with E-state index in [1.807, 2.05) is 4.90 Å². The number of anilines is 1. The van der Waals surface area contributed by atoms with Crippen LogP contribution in [0, 0.1) is 5.82 Å². The van der Waals surface area contributed by atoms with Crippen molar-refractivity contribution in [2.75, 3.05) is 37.6 Å². The normalized spacial score (nSPS) is 15.1. The van der Waals surface area contributed by atoms with Crippen LogP contribution in [0.5, 0.6) is 0 Å². The molecule has 1 aliphatic rings. The van der Waals surface area contributed by atoms with Crippen LogP contribution < -0.4 is 25.4 Å². The smallest absolute Gasteiger partial charge is 0.198 e. The van der Waals surface area contributed by atoms with Crippen LogP contribution in [-0.4, -0.2) is 49.2 Å². The van der Waals surface area contributed by atoms with Crippen molar-refractivity contribution in [1.29, 1.82) is 0 Å². The molecule has 0 aliphatic carbocycles. The summed E-state index contributed by atoms with van der Waals surface area (Å²) in [5, 5.41) is 21.8. The molecular formula is C19H21FN3O5-. The number of hydrogen-bond donors (Lipinski definition) is 1. The molecule has 1 aliphatic heterocycles. The topological polar surface area (TPSA) is 110 Å². The Labute approximate surface area is 160 Å². The number of fused-ring (bicyclic) bond motifs is 1. The van der Waals surface area contributed by atoms with Gasteiger partial charge in [0, 0.05) is 30.5 Å². The minimum Gasteiger partial charge on any atom is -0.550 e. The van der Waals surface area contributed by atoms with Crippen molar-refractivity contribution >= 4 is 28.5 Å². The standard InChI is InChI=1S/C19H22FN3O5/c1-2-22-11-13(19(27)28)18(26)12-9-14(20)16(10-15(12)22)23-7-5-21(6-8-23)4-3-17(24)25/h9-11H,2-8H2,1H3,(H,24,25)(H,27,28)/p-1. The summed E-state index contributed by atoms with van der Waals surface area (Å²) < 4.78 is 16.3. The van der Waals surface area contributed by atoms with Crippen molar-refractivity contribution in [2.45, 2.75) is 19.9 Å². The summed E-state index contributed by atoms with van der Waals surface area (Å²) in [6.07, 6.45) is 1.22. The highest BCUT2D eigenvalue weighted by atomic mass is 19.1. The zero-order valence-corrected chi connectivity index (χ0v) is 15.5. The van der Waals surface area contributed by atoms with E-state index in [1.165, 1.54) is 6.20 Å². The van der Waals surface area contributed by atoms with Gasteiger partial charge in [-0.3, -0.25) is 4.79 Å². The van der Waals surface area contributed by atoms with Gasteiger partial charge in [-0.25, -0.2) is 4.39 Å². The molecule has 2 heterocycles. The predicted molar refractivity (Wildman–Crippen MR) is 95.6 cm³/mol. The maximum absolute atomic E-state index is 14.8. The van der Waals surface area contributed by atoms with Crippen molar-refractivity contribution in [1.82, 2.24) is 4.57 Å². The van der Waals surface area contributed by atoms with Gasteiger partial charge in [-0.15, -0.1) is 0 Å². The fourth-order valence-corrected chi connectivity index (χ4v) is 3.64. The molecule has 2 aromatic rings. The van der Waals surface area contributed by atoms with Crippen LogP contribution >= 0.6 is 0 Å². The number of halogens is 1. The summed E-state index contributed by atoms with van der Waals surface area (Å²) in [4.78, 5) is 37.1. The van der Waals surface area contributed by atoms with Crippen LogP contribution in [0.2, 0.25) is 0 Å². The first kappa shape index (κ1) is 19.8. The van der Waals surface area contributed by atoms with Crippen LogP contribution in [0.25, 0.3) is 10.9 Å². The zero-order valence-electron chi connectivity index (χ0n) is 15.5. The molecule has 0 radical (unpaired) electrons. The number of rotatable bonds is 6. The molecule has 0 bridgehead atoms. The van der Waals surface area contributed by atoms with Gasteiger partial charge in [-0.05, 0) is 19.1 Å². The third kappa shape index (κ3) is 3.84. The second kappa shape index (κ2) is 7.97. The van der Waals surface area contributed by atoms with E-state index in [0.29, 0.717) is 50.5 Å². The highest BCUT2D eigenvalue weighted by Gasteiger charge is 2.23. The number of pyridine rings is 1. The lowest BCUT2D eigenvalue weighted by Crippen LogP contribution is -3.15. The number of carbonyl (C=O) groups excluding carboxylic acids is 2. The molecule has 150 valence electrons. The fourth-order valence-electron chi connectivity index (χ4n) is 3.64. The van der Waals surface area contributed by atoms with Crippen LogP contribution in [-0.2, 0) is 11.3 Å². The van der Waals surface area contributed by atoms with Crippen LogP contribution in [0.3, 0.4) is 0 Å². The number of carboxylic acid groups (broad SMARTS) is 2. The first-order chi connectivity index (χ1) is 13.3. The molecule has 8 nitrogen and oxygen atoms in total. The summed E-state index contributed by atoms with van der Waals surface area (Å²) in [5.74, 6) is -3.26. The molecule has 0 amide bonds. The number of carbonyl (C=O) groups is 2. The summed E-state index contributed by atoms with van der Waals surface area (Å²) in [7, 11) is 0. The molecule has 1 aromatic carbocycles. The Morgan fingerprint density at radius 2 is 1.89 bits per heavy atom. The van der Waals surface area contributed by atoms with Crippen molar-refractivity contribution in [3.05, 3.63) is 39.9 Å². The highest BCUT2D eigenvalue weighted by molar-refractivity contribution is 5.92. The van der Waals surface area contributed by atoms with Gasteiger partial charge in [0.1, 0.15) is 5.82 Å². The lowest BCUT2D eigenvalue weighted by molar-refractivity contribution is -0.900. The Kier molecular flexibility index (Phi) is 5.64. The number of quaternary nitrogens is 1. The SMILES string of the molecule is CCn1cc(C(=O)[O-])c(=O)c2cc(F)c(N3CC[NH+](CCC(=O)[O-])CC3)cc21. The first-order valence-electron chi connectivity index (χ1n) is 9.18. The largest absolute Gasteiger partial charge is 0.550 e. The molecule has 28 heavy (non-hydrogen) atoms. The van der Waals surface area contributed by atoms with Crippen molar-refractivity contribution in [3.8, 4) is 0 Å². The van der Waals surface area contributed by atoms with E-state index < -0.39 is 28.7 Å². The van der Waals surface area contributed by atoms with Crippen LogP contribution in [0.15, 0.2) is 23.1 Å². The van der Waals surface area contributed by atoms with Gasteiger partial charge in [0.05, 0.1) is 55.5 Å². The summed E-state index contributed by atoms with van der Waals surface area (Å²) in [6.45, 7) is 5.08. The van der Waals surface area contributed by atoms with E-state index in [4.69, 9.17) is 0 Å². The maximum Gasteiger partial charge on any atom is 0.198 e. The van der Waals surface area contributed by atoms with Crippen molar-refractivity contribution < 1.29 is 29.1 Å². The number of carboxylic acids is 2. The van der Waals surface area contributed by atoms with E-state index in [2.05, 4.69) is 0 Å². The van der Waals surface area contributed by atoms with Crippen LogP contribution in [0.4, 0.5) is 10.1 Å². The average Bonchev–Trinajstić information content (AvgIpc) is 2.67. The second-order valence-electron chi connectivity index (χ2n) is 6.88. The van der Waals surface area contributed by atoms with Gasteiger partial charge in [-0.2, -0.15) is 0 Å². The second-order valence-corrected chi connectivity index (χ2v) is 6.88. The summed E-state index contributed by atoms with van der Waals surface area (Å²) >= 11 is 0. The molecule has 1 saturated heterocycles. The number of hydrogen-bond acceptors (Lipinski definition) is 6. The van der Waals surface area contributed by atoms with Crippen molar-refractivity contribution in [2.24, 2.45) is 0 Å². The monoisotopic (exact) mass is 390 g/mol. The van der Waals surface area contributed by atoms with E-state index in [1.54, 1.807) is 17.6 Å². The maximum atomic E-state index is 14.8.